The molecule has 0 bridgehead atoms. The summed E-state index contributed by atoms with van der Waals surface area (Å²) in [6.07, 6.45) is 0. The fourth-order valence-corrected chi connectivity index (χ4v) is 2.67. The molecule has 0 saturated carbocycles. The lowest BCUT2D eigenvalue weighted by molar-refractivity contribution is 0.0697. The molecule has 14 heavy (non-hydrogen) atoms. The third kappa shape index (κ3) is 1.49. The second-order valence-electron chi connectivity index (χ2n) is 3.03. The highest BCUT2D eigenvalue weighted by molar-refractivity contribution is 7.19. The highest BCUT2D eigenvalue weighted by Gasteiger charge is 2.09. The van der Waals surface area contributed by atoms with E-state index < -0.39 is 5.97 Å². The summed E-state index contributed by atoms with van der Waals surface area (Å²) in [6.45, 7) is 1.97. The highest BCUT2D eigenvalue weighted by atomic mass is 35.5. The topological polar surface area (TPSA) is 37.3 Å². The van der Waals surface area contributed by atoms with Gasteiger partial charge in [-0.25, -0.2) is 4.79 Å². The highest BCUT2D eigenvalue weighted by Crippen LogP contribution is 2.32. The van der Waals surface area contributed by atoms with Gasteiger partial charge in [0, 0.05) is 15.0 Å². The lowest BCUT2D eigenvalue weighted by Crippen LogP contribution is -1.94. The van der Waals surface area contributed by atoms with Gasteiger partial charge in [-0.3, -0.25) is 0 Å². The Kier molecular flexibility index (Phi) is 2.21. The number of halogens is 1. The van der Waals surface area contributed by atoms with E-state index >= 15 is 0 Å². The summed E-state index contributed by atoms with van der Waals surface area (Å²) in [5.74, 6) is -0.945. The van der Waals surface area contributed by atoms with Gasteiger partial charge in [-0.2, -0.15) is 0 Å². The van der Waals surface area contributed by atoms with Gasteiger partial charge in [-0.1, -0.05) is 11.6 Å². The first-order valence-corrected chi connectivity index (χ1v) is 5.20. The van der Waals surface area contributed by atoms with Crippen LogP contribution in [0.4, 0.5) is 0 Å². The first-order valence-electron chi connectivity index (χ1n) is 4.01. The Morgan fingerprint density at radius 3 is 2.79 bits per heavy atom. The van der Waals surface area contributed by atoms with Gasteiger partial charge in [-0.15, -0.1) is 11.3 Å². The van der Waals surface area contributed by atoms with Crippen molar-refractivity contribution in [1.82, 2.24) is 0 Å². The van der Waals surface area contributed by atoms with Crippen LogP contribution in [-0.4, -0.2) is 11.1 Å². The van der Waals surface area contributed by atoms with Crippen molar-refractivity contribution < 1.29 is 9.90 Å². The zero-order valence-electron chi connectivity index (χ0n) is 7.37. The minimum Gasteiger partial charge on any atom is -0.478 e. The van der Waals surface area contributed by atoms with E-state index in [1.54, 1.807) is 17.4 Å². The molecule has 0 fully saturated rings. The predicted molar refractivity (Wildman–Crippen MR) is 58.5 cm³/mol. The van der Waals surface area contributed by atoms with Crippen molar-refractivity contribution in [3.05, 3.63) is 33.7 Å². The van der Waals surface area contributed by atoms with E-state index in [2.05, 4.69) is 0 Å². The molecule has 1 aromatic heterocycles. The van der Waals surface area contributed by atoms with E-state index in [0.717, 1.165) is 15.0 Å². The Hall–Kier alpha value is -1.06. The van der Waals surface area contributed by atoms with E-state index in [9.17, 15) is 4.79 Å². The second-order valence-corrected chi connectivity index (χ2v) is 4.73. The number of thiophene rings is 1. The maximum Gasteiger partial charge on any atom is 0.335 e. The van der Waals surface area contributed by atoms with Crippen LogP contribution in [-0.2, 0) is 0 Å². The number of benzene rings is 1. The Bertz CT molecular complexity index is 516. The molecule has 1 aromatic carbocycles. The van der Waals surface area contributed by atoms with Crippen LogP contribution in [0.25, 0.3) is 10.1 Å². The zero-order valence-corrected chi connectivity index (χ0v) is 8.95. The van der Waals surface area contributed by atoms with Gasteiger partial charge >= 0.3 is 5.97 Å². The quantitative estimate of drug-likeness (QED) is 0.807. The second kappa shape index (κ2) is 3.26. The number of aryl methyl sites for hydroxylation is 1. The van der Waals surface area contributed by atoms with Crippen LogP contribution in [0.2, 0.25) is 5.02 Å². The number of hydrogen-bond donors (Lipinski definition) is 1. The van der Waals surface area contributed by atoms with Gasteiger partial charge in [0.15, 0.2) is 0 Å². The summed E-state index contributed by atoms with van der Waals surface area (Å²) in [5.41, 5.74) is 0.240. The number of fused-ring (bicyclic) bond motifs is 1. The monoisotopic (exact) mass is 226 g/mol. The van der Waals surface area contributed by atoms with Crippen LogP contribution < -0.4 is 0 Å². The molecule has 0 atom stereocenters. The smallest absolute Gasteiger partial charge is 0.335 e. The fraction of sp³-hybridized carbons (Fsp3) is 0.100. The van der Waals surface area contributed by atoms with Crippen molar-refractivity contribution >= 4 is 39.0 Å². The van der Waals surface area contributed by atoms with Gasteiger partial charge in [0.1, 0.15) is 0 Å². The zero-order chi connectivity index (χ0) is 10.3. The molecule has 72 valence electrons. The molecule has 0 saturated heterocycles. The molecule has 1 N–H and O–H groups in total. The van der Waals surface area contributed by atoms with Gasteiger partial charge in [0.05, 0.1) is 10.6 Å². The number of carbonyl (C=O) groups is 1. The third-order valence-electron chi connectivity index (χ3n) is 1.96. The van der Waals surface area contributed by atoms with Crippen molar-refractivity contribution in [2.75, 3.05) is 0 Å². The normalized spacial score (nSPS) is 10.7. The van der Waals surface area contributed by atoms with E-state index in [0.29, 0.717) is 5.02 Å². The lowest BCUT2D eigenvalue weighted by atomic mass is 10.2. The summed E-state index contributed by atoms with van der Waals surface area (Å²) in [7, 11) is 0. The molecule has 0 radical (unpaired) electrons. The van der Waals surface area contributed by atoms with Crippen LogP contribution in [0.15, 0.2) is 18.2 Å². The van der Waals surface area contributed by atoms with E-state index in [4.69, 9.17) is 16.7 Å². The maximum absolute atomic E-state index is 10.7. The summed E-state index contributed by atoms with van der Waals surface area (Å²) in [6, 6.07) is 5.10. The first-order chi connectivity index (χ1) is 6.58. The average Bonchev–Trinajstić information content (AvgIpc) is 2.45. The Labute approximate surface area is 89.7 Å². The molecule has 2 aromatic rings. The predicted octanol–water partition coefficient (Wildman–Crippen LogP) is 3.56. The Morgan fingerprint density at radius 1 is 1.43 bits per heavy atom. The molecule has 0 aliphatic heterocycles. The number of carboxylic acids is 1. The minimum atomic E-state index is -0.945. The van der Waals surface area contributed by atoms with Crippen LogP contribution in [0, 0.1) is 6.92 Å². The standard InChI is InChI=1S/C10H7ClO2S/c1-5-2-7-8(11)3-6(10(12)13)4-9(7)14-5/h2-4H,1H3,(H,12,13). The van der Waals surface area contributed by atoms with Crippen molar-refractivity contribution in [2.24, 2.45) is 0 Å². The number of carboxylic acid groups (broad SMARTS) is 1. The fourth-order valence-electron chi connectivity index (χ4n) is 1.35. The van der Waals surface area contributed by atoms with Crippen molar-refractivity contribution in [1.29, 1.82) is 0 Å². The number of aromatic carboxylic acids is 1. The molecular formula is C10H7ClO2S. The van der Waals surface area contributed by atoms with Crippen molar-refractivity contribution in [3.63, 3.8) is 0 Å². The van der Waals surface area contributed by atoms with Crippen molar-refractivity contribution in [2.45, 2.75) is 6.92 Å². The van der Waals surface area contributed by atoms with Gasteiger partial charge in [-0.05, 0) is 25.1 Å². The SMILES string of the molecule is Cc1cc2c(Cl)cc(C(=O)O)cc2s1. The summed E-state index contributed by atoms with van der Waals surface area (Å²) in [4.78, 5) is 11.9. The Balaban J connectivity index is 2.77. The summed E-state index contributed by atoms with van der Waals surface area (Å²) >= 11 is 7.51. The van der Waals surface area contributed by atoms with Crippen LogP contribution in [0.5, 0.6) is 0 Å². The molecule has 1 heterocycles. The molecule has 0 aliphatic rings. The number of hydrogen-bond acceptors (Lipinski definition) is 2. The van der Waals surface area contributed by atoms with E-state index in [-0.39, 0.29) is 5.56 Å². The van der Waals surface area contributed by atoms with Crippen LogP contribution in [0.1, 0.15) is 15.2 Å². The van der Waals surface area contributed by atoms with Gasteiger partial charge in [0.25, 0.3) is 0 Å². The summed E-state index contributed by atoms with van der Waals surface area (Å²) < 4.78 is 0.924. The third-order valence-corrected chi connectivity index (χ3v) is 3.27. The molecule has 2 nitrogen and oxygen atoms in total. The van der Waals surface area contributed by atoms with Crippen LogP contribution >= 0.6 is 22.9 Å². The van der Waals surface area contributed by atoms with Gasteiger partial charge < -0.3 is 5.11 Å². The molecule has 0 unspecified atom stereocenters. The van der Waals surface area contributed by atoms with E-state index in [1.165, 1.54) is 6.07 Å². The molecule has 2 rings (SSSR count). The average molecular weight is 227 g/mol. The molecule has 0 amide bonds. The van der Waals surface area contributed by atoms with E-state index in [1.807, 2.05) is 13.0 Å². The molecular weight excluding hydrogens is 220 g/mol. The number of rotatable bonds is 1. The van der Waals surface area contributed by atoms with Crippen molar-refractivity contribution in [3.8, 4) is 0 Å². The molecule has 0 aliphatic carbocycles. The molecule has 0 spiro atoms. The first kappa shape index (κ1) is 9.49. The lowest BCUT2D eigenvalue weighted by Gasteiger charge is -1.97. The maximum atomic E-state index is 10.7. The van der Waals surface area contributed by atoms with Gasteiger partial charge in [0.2, 0.25) is 0 Å². The van der Waals surface area contributed by atoms with Crippen LogP contribution in [0.3, 0.4) is 0 Å². The summed E-state index contributed by atoms with van der Waals surface area (Å²) in [5, 5.41) is 10.3. The molecule has 4 heteroatoms. The Morgan fingerprint density at radius 2 is 2.14 bits per heavy atom. The largest absolute Gasteiger partial charge is 0.478 e. The minimum absolute atomic E-state index is 0.240.